The molecule has 1 aromatic carbocycles. The molecule has 1 aliphatic carbocycles. The van der Waals surface area contributed by atoms with Crippen molar-refractivity contribution in [1.82, 2.24) is 9.78 Å². The average Bonchev–Trinajstić information content (AvgIpc) is 3.08. The lowest BCUT2D eigenvalue weighted by Crippen LogP contribution is -2.05. The standard InChI is InChI=1S/C15H15FN2O2/c16-13-8-4-3-7-11(13)14-12(15(19)20)9-18(17-14)10-5-1-2-6-10/h3-4,7-10H,1-2,5-6H2,(H,19,20). The van der Waals surface area contributed by atoms with E-state index in [1.165, 1.54) is 12.3 Å². The molecule has 4 nitrogen and oxygen atoms in total. The van der Waals surface area contributed by atoms with Crippen LogP contribution in [0, 0.1) is 5.82 Å². The Kier molecular flexibility index (Phi) is 3.26. The van der Waals surface area contributed by atoms with Gasteiger partial charge in [-0.3, -0.25) is 4.68 Å². The zero-order valence-corrected chi connectivity index (χ0v) is 10.9. The van der Waals surface area contributed by atoms with Crippen LogP contribution in [-0.2, 0) is 0 Å². The summed E-state index contributed by atoms with van der Waals surface area (Å²) in [5, 5.41) is 13.6. The van der Waals surface area contributed by atoms with Gasteiger partial charge in [0.15, 0.2) is 0 Å². The summed E-state index contributed by atoms with van der Waals surface area (Å²) in [5.74, 6) is -1.53. The molecule has 20 heavy (non-hydrogen) atoms. The van der Waals surface area contributed by atoms with Gasteiger partial charge in [-0.2, -0.15) is 5.10 Å². The normalized spacial score (nSPS) is 15.7. The molecular formula is C15H15FN2O2. The van der Waals surface area contributed by atoms with Gasteiger partial charge in [-0.25, -0.2) is 9.18 Å². The molecule has 2 aromatic rings. The van der Waals surface area contributed by atoms with E-state index in [1.54, 1.807) is 22.9 Å². The highest BCUT2D eigenvalue weighted by molar-refractivity contribution is 5.94. The molecule has 1 fully saturated rings. The van der Waals surface area contributed by atoms with Gasteiger partial charge in [-0.15, -0.1) is 0 Å². The number of carboxylic acids is 1. The van der Waals surface area contributed by atoms with Crippen molar-refractivity contribution >= 4 is 5.97 Å². The first-order valence-corrected chi connectivity index (χ1v) is 6.74. The van der Waals surface area contributed by atoms with Crippen molar-refractivity contribution in [3.8, 4) is 11.3 Å². The van der Waals surface area contributed by atoms with Gasteiger partial charge >= 0.3 is 5.97 Å². The molecule has 1 N–H and O–H groups in total. The second kappa shape index (κ2) is 5.07. The Hall–Kier alpha value is -2.17. The Morgan fingerprint density at radius 3 is 2.65 bits per heavy atom. The first-order valence-electron chi connectivity index (χ1n) is 6.74. The number of carbonyl (C=O) groups is 1. The Bertz CT molecular complexity index is 645. The summed E-state index contributed by atoms with van der Waals surface area (Å²) in [4.78, 5) is 11.4. The highest BCUT2D eigenvalue weighted by Gasteiger charge is 2.24. The molecule has 0 atom stereocenters. The zero-order chi connectivity index (χ0) is 14.1. The molecule has 0 amide bonds. The zero-order valence-electron chi connectivity index (χ0n) is 10.9. The Morgan fingerprint density at radius 1 is 1.30 bits per heavy atom. The van der Waals surface area contributed by atoms with Crippen LogP contribution in [0.25, 0.3) is 11.3 Å². The summed E-state index contributed by atoms with van der Waals surface area (Å²) in [7, 11) is 0. The minimum atomic E-state index is -1.08. The van der Waals surface area contributed by atoms with Crippen molar-refractivity contribution in [3.63, 3.8) is 0 Å². The van der Waals surface area contributed by atoms with Crippen LogP contribution in [0.4, 0.5) is 4.39 Å². The lowest BCUT2D eigenvalue weighted by atomic mass is 10.1. The lowest BCUT2D eigenvalue weighted by molar-refractivity contribution is 0.0697. The number of nitrogens with zero attached hydrogens (tertiary/aromatic N) is 2. The number of aromatic nitrogens is 2. The largest absolute Gasteiger partial charge is 0.478 e. The summed E-state index contributed by atoms with van der Waals surface area (Å²) >= 11 is 0. The maximum absolute atomic E-state index is 13.9. The molecule has 5 heteroatoms. The topological polar surface area (TPSA) is 55.1 Å². The van der Waals surface area contributed by atoms with Crippen LogP contribution >= 0.6 is 0 Å². The van der Waals surface area contributed by atoms with Gasteiger partial charge in [0.1, 0.15) is 17.1 Å². The number of hydrogen-bond acceptors (Lipinski definition) is 2. The van der Waals surface area contributed by atoms with Crippen molar-refractivity contribution in [2.45, 2.75) is 31.7 Å². The number of carboxylic acid groups (broad SMARTS) is 1. The van der Waals surface area contributed by atoms with Crippen LogP contribution in [0.15, 0.2) is 30.5 Å². The number of rotatable bonds is 3. The molecule has 0 saturated heterocycles. The van der Waals surface area contributed by atoms with E-state index in [4.69, 9.17) is 0 Å². The first kappa shape index (κ1) is 12.8. The highest BCUT2D eigenvalue weighted by atomic mass is 19.1. The molecule has 0 radical (unpaired) electrons. The van der Waals surface area contributed by atoms with E-state index >= 15 is 0 Å². The number of benzene rings is 1. The van der Waals surface area contributed by atoms with Crippen LogP contribution < -0.4 is 0 Å². The maximum Gasteiger partial charge on any atom is 0.339 e. The predicted molar refractivity (Wildman–Crippen MR) is 72.1 cm³/mol. The van der Waals surface area contributed by atoms with E-state index in [-0.39, 0.29) is 22.9 Å². The van der Waals surface area contributed by atoms with E-state index in [2.05, 4.69) is 5.10 Å². The van der Waals surface area contributed by atoms with Gasteiger partial charge in [-0.05, 0) is 25.0 Å². The molecule has 1 saturated carbocycles. The second-order valence-corrected chi connectivity index (χ2v) is 5.09. The van der Waals surface area contributed by atoms with E-state index in [0.29, 0.717) is 0 Å². The third-order valence-corrected chi connectivity index (χ3v) is 3.79. The molecule has 0 bridgehead atoms. The molecule has 1 aromatic heterocycles. The maximum atomic E-state index is 13.9. The van der Waals surface area contributed by atoms with Crippen LogP contribution in [-0.4, -0.2) is 20.9 Å². The fraction of sp³-hybridized carbons (Fsp3) is 0.333. The van der Waals surface area contributed by atoms with Crippen molar-refractivity contribution < 1.29 is 14.3 Å². The van der Waals surface area contributed by atoms with Crippen molar-refractivity contribution in [3.05, 3.63) is 41.8 Å². The minimum absolute atomic E-state index is 0.0574. The van der Waals surface area contributed by atoms with Crippen LogP contribution in [0.2, 0.25) is 0 Å². The van der Waals surface area contributed by atoms with Crippen LogP contribution in [0.5, 0.6) is 0 Å². The van der Waals surface area contributed by atoms with Crippen LogP contribution in [0.3, 0.4) is 0 Å². The third-order valence-electron chi connectivity index (χ3n) is 3.79. The van der Waals surface area contributed by atoms with Gasteiger partial charge in [0, 0.05) is 11.8 Å². The van der Waals surface area contributed by atoms with Gasteiger partial charge in [0.2, 0.25) is 0 Å². The predicted octanol–water partition coefficient (Wildman–Crippen LogP) is 3.50. The molecule has 0 spiro atoms. The van der Waals surface area contributed by atoms with Gasteiger partial charge in [0.25, 0.3) is 0 Å². The van der Waals surface area contributed by atoms with Gasteiger partial charge in [-0.1, -0.05) is 25.0 Å². The number of hydrogen-bond donors (Lipinski definition) is 1. The second-order valence-electron chi connectivity index (χ2n) is 5.09. The minimum Gasteiger partial charge on any atom is -0.478 e. The average molecular weight is 274 g/mol. The number of halogens is 1. The summed E-state index contributed by atoms with van der Waals surface area (Å²) < 4.78 is 15.6. The van der Waals surface area contributed by atoms with Gasteiger partial charge in [0.05, 0.1) is 6.04 Å². The molecule has 0 unspecified atom stereocenters. The lowest BCUT2D eigenvalue weighted by Gasteiger charge is -2.08. The quantitative estimate of drug-likeness (QED) is 0.931. The van der Waals surface area contributed by atoms with Crippen molar-refractivity contribution in [2.75, 3.05) is 0 Å². The van der Waals surface area contributed by atoms with E-state index in [9.17, 15) is 14.3 Å². The molecule has 104 valence electrons. The molecule has 0 aliphatic heterocycles. The Balaban J connectivity index is 2.09. The number of aromatic carboxylic acids is 1. The third kappa shape index (κ3) is 2.19. The van der Waals surface area contributed by atoms with Crippen LogP contribution in [0.1, 0.15) is 42.1 Å². The first-order chi connectivity index (χ1) is 9.66. The van der Waals surface area contributed by atoms with Gasteiger partial charge < -0.3 is 5.11 Å². The summed E-state index contributed by atoms with van der Waals surface area (Å²) in [6.07, 6.45) is 5.78. The SMILES string of the molecule is O=C(O)c1cn(C2CCCC2)nc1-c1ccccc1F. The fourth-order valence-electron chi connectivity index (χ4n) is 2.76. The van der Waals surface area contributed by atoms with E-state index in [1.807, 2.05) is 0 Å². The summed E-state index contributed by atoms with van der Waals surface area (Å²) in [5.41, 5.74) is 0.506. The fourth-order valence-corrected chi connectivity index (χ4v) is 2.76. The van der Waals surface area contributed by atoms with E-state index in [0.717, 1.165) is 25.7 Å². The molecule has 1 aliphatic rings. The smallest absolute Gasteiger partial charge is 0.339 e. The Labute approximate surface area is 115 Å². The van der Waals surface area contributed by atoms with Crippen molar-refractivity contribution in [2.24, 2.45) is 0 Å². The summed E-state index contributed by atoms with van der Waals surface area (Å²) in [6.45, 7) is 0. The van der Waals surface area contributed by atoms with Crippen molar-refractivity contribution in [1.29, 1.82) is 0 Å². The monoisotopic (exact) mass is 274 g/mol. The molecular weight excluding hydrogens is 259 g/mol. The Morgan fingerprint density at radius 2 is 2.00 bits per heavy atom. The van der Waals surface area contributed by atoms with E-state index < -0.39 is 11.8 Å². The molecule has 1 heterocycles. The highest BCUT2D eigenvalue weighted by Crippen LogP contribution is 2.32. The summed E-state index contributed by atoms with van der Waals surface area (Å²) in [6, 6.07) is 6.36. The molecule has 3 rings (SSSR count).